The summed E-state index contributed by atoms with van der Waals surface area (Å²) in [6.07, 6.45) is 0.766. The molecule has 1 unspecified atom stereocenters. The molecule has 0 saturated carbocycles. The lowest BCUT2D eigenvalue weighted by molar-refractivity contribution is 0.405. The summed E-state index contributed by atoms with van der Waals surface area (Å²) in [5.41, 5.74) is 6.94. The number of rotatable bonds is 4. The van der Waals surface area contributed by atoms with E-state index in [1.54, 1.807) is 7.11 Å². The van der Waals surface area contributed by atoms with E-state index in [0.29, 0.717) is 5.88 Å². The van der Waals surface area contributed by atoms with Crippen molar-refractivity contribution in [2.45, 2.75) is 12.5 Å². The van der Waals surface area contributed by atoms with Gasteiger partial charge < -0.3 is 10.5 Å². The summed E-state index contributed by atoms with van der Waals surface area (Å²) in [6.45, 7) is 0. The molecule has 2 N–H and O–H groups in total. The first-order valence-electron chi connectivity index (χ1n) is 4.24. The van der Waals surface area contributed by atoms with Crippen molar-refractivity contribution in [3.05, 3.63) is 29.8 Å². The van der Waals surface area contributed by atoms with Gasteiger partial charge in [-0.1, -0.05) is 18.2 Å². The molecule has 1 aromatic rings. The third-order valence-electron chi connectivity index (χ3n) is 1.96. The van der Waals surface area contributed by atoms with Gasteiger partial charge in [0.1, 0.15) is 5.75 Å². The molecule has 0 fully saturated rings. The number of para-hydroxylation sites is 1. The normalized spacial score (nSPS) is 12.5. The second-order valence-electron chi connectivity index (χ2n) is 2.83. The van der Waals surface area contributed by atoms with Crippen LogP contribution >= 0.6 is 11.6 Å². The molecule has 0 amide bonds. The van der Waals surface area contributed by atoms with E-state index in [9.17, 15) is 0 Å². The zero-order valence-electron chi connectivity index (χ0n) is 7.66. The molecular formula is C10H14ClNO. The van der Waals surface area contributed by atoms with E-state index in [2.05, 4.69) is 0 Å². The molecular weight excluding hydrogens is 186 g/mol. The fraction of sp³-hybridized carbons (Fsp3) is 0.400. The standard InChI is InChI=1S/C10H14ClNO/c1-13-10-5-3-2-4-8(10)9(12)6-7-11/h2-5,9H,6-7,12H2,1H3. The average molecular weight is 200 g/mol. The average Bonchev–Trinajstić information content (AvgIpc) is 2.18. The van der Waals surface area contributed by atoms with Crippen molar-refractivity contribution in [3.63, 3.8) is 0 Å². The molecule has 3 heteroatoms. The number of ether oxygens (including phenoxy) is 1. The zero-order chi connectivity index (χ0) is 9.68. The van der Waals surface area contributed by atoms with Crippen LogP contribution in [0.3, 0.4) is 0 Å². The van der Waals surface area contributed by atoms with Crippen molar-refractivity contribution < 1.29 is 4.74 Å². The van der Waals surface area contributed by atoms with Crippen molar-refractivity contribution in [1.29, 1.82) is 0 Å². The molecule has 0 aliphatic carbocycles. The Bertz CT molecular complexity index is 265. The van der Waals surface area contributed by atoms with Crippen LogP contribution in [0.25, 0.3) is 0 Å². The van der Waals surface area contributed by atoms with Gasteiger partial charge in [-0.2, -0.15) is 0 Å². The minimum absolute atomic E-state index is 0.0337. The number of halogens is 1. The third kappa shape index (κ3) is 2.61. The highest BCUT2D eigenvalue weighted by atomic mass is 35.5. The maximum Gasteiger partial charge on any atom is 0.123 e. The summed E-state index contributed by atoms with van der Waals surface area (Å²) in [6, 6.07) is 7.72. The van der Waals surface area contributed by atoms with Crippen LogP contribution in [0.5, 0.6) is 5.75 Å². The molecule has 2 nitrogen and oxygen atoms in total. The maximum absolute atomic E-state index is 5.92. The molecule has 72 valence electrons. The molecule has 0 heterocycles. The van der Waals surface area contributed by atoms with Crippen molar-refractivity contribution in [2.75, 3.05) is 13.0 Å². The van der Waals surface area contributed by atoms with Crippen LogP contribution in [-0.2, 0) is 0 Å². The van der Waals surface area contributed by atoms with Gasteiger partial charge in [0, 0.05) is 17.5 Å². The number of methoxy groups -OCH3 is 1. The van der Waals surface area contributed by atoms with E-state index in [-0.39, 0.29) is 6.04 Å². The minimum Gasteiger partial charge on any atom is -0.496 e. The van der Waals surface area contributed by atoms with E-state index < -0.39 is 0 Å². The molecule has 0 bridgehead atoms. The van der Waals surface area contributed by atoms with Crippen LogP contribution in [0.4, 0.5) is 0 Å². The van der Waals surface area contributed by atoms with Crippen molar-refractivity contribution in [2.24, 2.45) is 5.73 Å². The van der Waals surface area contributed by atoms with Crippen molar-refractivity contribution in [1.82, 2.24) is 0 Å². The molecule has 1 atom stereocenters. The summed E-state index contributed by atoms with van der Waals surface area (Å²) in [5.74, 6) is 1.40. The highest BCUT2D eigenvalue weighted by Crippen LogP contribution is 2.25. The van der Waals surface area contributed by atoms with E-state index >= 15 is 0 Å². The molecule has 0 spiro atoms. The Kier molecular flexibility index (Phi) is 4.06. The molecule has 1 aromatic carbocycles. The monoisotopic (exact) mass is 199 g/mol. The smallest absolute Gasteiger partial charge is 0.123 e. The van der Waals surface area contributed by atoms with Gasteiger partial charge >= 0.3 is 0 Å². The molecule has 0 radical (unpaired) electrons. The molecule has 13 heavy (non-hydrogen) atoms. The first kappa shape index (κ1) is 10.4. The highest BCUT2D eigenvalue weighted by Gasteiger charge is 2.09. The SMILES string of the molecule is COc1ccccc1C(N)CCCl. The summed E-state index contributed by atoms with van der Waals surface area (Å²) in [7, 11) is 1.65. The van der Waals surface area contributed by atoms with Gasteiger partial charge in [0.2, 0.25) is 0 Å². The second kappa shape index (κ2) is 5.10. The Morgan fingerprint density at radius 3 is 2.77 bits per heavy atom. The first-order valence-corrected chi connectivity index (χ1v) is 4.77. The van der Waals surface area contributed by atoms with Crippen LogP contribution in [0, 0.1) is 0 Å². The summed E-state index contributed by atoms with van der Waals surface area (Å²) < 4.78 is 5.19. The van der Waals surface area contributed by atoms with Gasteiger partial charge in [-0.25, -0.2) is 0 Å². The summed E-state index contributed by atoms with van der Waals surface area (Å²) in [4.78, 5) is 0. The number of hydrogen-bond acceptors (Lipinski definition) is 2. The first-order chi connectivity index (χ1) is 6.29. The van der Waals surface area contributed by atoms with Gasteiger partial charge in [0.25, 0.3) is 0 Å². The maximum atomic E-state index is 5.92. The fourth-order valence-corrected chi connectivity index (χ4v) is 1.48. The number of nitrogens with two attached hydrogens (primary N) is 1. The summed E-state index contributed by atoms with van der Waals surface area (Å²) in [5, 5.41) is 0. The van der Waals surface area contributed by atoms with E-state index in [1.807, 2.05) is 24.3 Å². The fourth-order valence-electron chi connectivity index (χ4n) is 1.25. The lowest BCUT2D eigenvalue weighted by Gasteiger charge is -2.13. The van der Waals surface area contributed by atoms with E-state index in [0.717, 1.165) is 17.7 Å². The Morgan fingerprint density at radius 1 is 1.46 bits per heavy atom. The Morgan fingerprint density at radius 2 is 2.15 bits per heavy atom. The quantitative estimate of drug-likeness (QED) is 0.756. The van der Waals surface area contributed by atoms with Gasteiger partial charge in [0.15, 0.2) is 0 Å². The molecule has 0 aliphatic heterocycles. The second-order valence-corrected chi connectivity index (χ2v) is 3.20. The Balaban J connectivity index is 2.85. The van der Waals surface area contributed by atoms with Crippen LogP contribution in [-0.4, -0.2) is 13.0 Å². The predicted octanol–water partition coefficient (Wildman–Crippen LogP) is 2.32. The largest absolute Gasteiger partial charge is 0.496 e. The van der Waals surface area contributed by atoms with Crippen LogP contribution in [0.15, 0.2) is 24.3 Å². The molecule has 0 aliphatic rings. The van der Waals surface area contributed by atoms with Crippen LogP contribution in [0.1, 0.15) is 18.0 Å². The Hall–Kier alpha value is -0.730. The lowest BCUT2D eigenvalue weighted by Crippen LogP contribution is -2.11. The van der Waals surface area contributed by atoms with Gasteiger partial charge in [0.05, 0.1) is 7.11 Å². The number of hydrogen-bond donors (Lipinski definition) is 1. The van der Waals surface area contributed by atoms with E-state index in [4.69, 9.17) is 22.1 Å². The molecule has 1 rings (SSSR count). The predicted molar refractivity (Wildman–Crippen MR) is 55.3 cm³/mol. The highest BCUT2D eigenvalue weighted by molar-refractivity contribution is 6.17. The molecule has 0 aromatic heterocycles. The summed E-state index contributed by atoms with van der Waals surface area (Å²) >= 11 is 5.62. The van der Waals surface area contributed by atoms with Crippen LogP contribution in [0.2, 0.25) is 0 Å². The minimum atomic E-state index is -0.0337. The van der Waals surface area contributed by atoms with Crippen molar-refractivity contribution >= 4 is 11.6 Å². The van der Waals surface area contributed by atoms with Gasteiger partial charge in [-0.15, -0.1) is 11.6 Å². The van der Waals surface area contributed by atoms with Crippen LogP contribution < -0.4 is 10.5 Å². The van der Waals surface area contributed by atoms with E-state index in [1.165, 1.54) is 0 Å². The van der Waals surface area contributed by atoms with Crippen molar-refractivity contribution in [3.8, 4) is 5.75 Å². The van der Waals surface area contributed by atoms with Gasteiger partial charge in [-0.3, -0.25) is 0 Å². The van der Waals surface area contributed by atoms with Gasteiger partial charge in [-0.05, 0) is 12.5 Å². The molecule has 0 saturated heterocycles. The third-order valence-corrected chi connectivity index (χ3v) is 2.18. The number of benzene rings is 1. The zero-order valence-corrected chi connectivity index (χ0v) is 8.42. The topological polar surface area (TPSA) is 35.2 Å². The lowest BCUT2D eigenvalue weighted by atomic mass is 10.0. The number of alkyl halides is 1. The Labute approximate surface area is 83.6 Å².